The van der Waals surface area contributed by atoms with Gasteiger partial charge in [-0.1, -0.05) is 13.8 Å². The van der Waals surface area contributed by atoms with Crippen molar-refractivity contribution in [3.8, 4) is 0 Å². The minimum Gasteiger partial charge on any atom is -0.316 e. The summed E-state index contributed by atoms with van der Waals surface area (Å²) in [7, 11) is 0. The first-order valence-corrected chi connectivity index (χ1v) is 2.98. The smallest absolute Gasteiger partial charge is 0.219 e. The van der Waals surface area contributed by atoms with Crippen molar-refractivity contribution in [2.24, 2.45) is 5.92 Å². The first kappa shape index (κ1) is 8.59. The molecule has 0 aliphatic rings. The fourth-order valence-electron chi connectivity index (χ4n) is 0.599. The number of hydroxylamine groups is 1. The van der Waals surface area contributed by atoms with E-state index in [2.05, 4.69) is 0 Å². The molecule has 0 aromatic rings. The van der Waals surface area contributed by atoms with Crippen molar-refractivity contribution in [3.63, 3.8) is 0 Å². The minimum absolute atomic E-state index is 0.399. The summed E-state index contributed by atoms with van der Waals surface area (Å²) in [6.45, 7) is 3.95. The van der Waals surface area contributed by atoms with E-state index in [0.29, 0.717) is 12.3 Å². The summed E-state index contributed by atoms with van der Waals surface area (Å²) in [5.74, 6) is 0.399. The van der Waals surface area contributed by atoms with E-state index in [1.165, 1.54) is 0 Å². The van der Waals surface area contributed by atoms with E-state index in [1.54, 1.807) is 6.29 Å². The van der Waals surface area contributed by atoms with E-state index in [9.17, 15) is 4.79 Å². The summed E-state index contributed by atoms with van der Waals surface area (Å²) >= 11 is 0. The molecule has 0 fully saturated rings. The minimum atomic E-state index is -0.523. The van der Waals surface area contributed by atoms with Crippen LogP contribution in [0.25, 0.3) is 0 Å². The van der Waals surface area contributed by atoms with Crippen LogP contribution in [0.5, 0.6) is 0 Å². The molecule has 0 saturated heterocycles. The van der Waals surface area contributed by atoms with Crippen LogP contribution in [-0.2, 0) is 4.79 Å². The van der Waals surface area contributed by atoms with Gasteiger partial charge >= 0.3 is 0 Å². The molecule has 53 valence electrons. The largest absolute Gasteiger partial charge is 0.316 e. The zero-order valence-electron chi connectivity index (χ0n) is 5.72. The second kappa shape index (κ2) is 4.47. The third-order valence-electron chi connectivity index (χ3n) is 1.01. The summed E-state index contributed by atoms with van der Waals surface area (Å²) in [5.41, 5.74) is 1.86. The number of nitrogens with one attached hydrogen (secondary N) is 1. The normalized spacial score (nSPS) is 13.8. The van der Waals surface area contributed by atoms with E-state index >= 15 is 0 Å². The van der Waals surface area contributed by atoms with Crippen molar-refractivity contribution in [1.29, 1.82) is 0 Å². The van der Waals surface area contributed by atoms with Gasteiger partial charge in [-0.3, -0.25) is 4.79 Å². The molecule has 3 heteroatoms. The Labute approximate surface area is 55.0 Å². The molecule has 3 nitrogen and oxygen atoms in total. The first-order valence-electron chi connectivity index (χ1n) is 2.98. The Morgan fingerprint density at radius 3 is 2.33 bits per heavy atom. The van der Waals surface area contributed by atoms with Gasteiger partial charge in [0.1, 0.15) is 0 Å². The van der Waals surface area contributed by atoms with Crippen molar-refractivity contribution < 1.29 is 10.0 Å². The second-order valence-corrected chi connectivity index (χ2v) is 2.43. The maximum Gasteiger partial charge on any atom is 0.219 e. The zero-order valence-corrected chi connectivity index (χ0v) is 5.72. The van der Waals surface area contributed by atoms with E-state index in [0.717, 1.165) is 0 Å². The Balaban J connectivity index is 3.42. The summed E-state index contributed by atoms with van der Waals surface area (Å²) in [6, 6.07) is -0.523. The molecule has 0 heterocycles. The summed E-state index contributed by atoms with van der Waals surface area (Å²) in [5, 5.41) is 8.26. The Morgan fingerprint density at radius 1 is 1.67 bits per heavy atom. The van der Waals surface area contributed by atoms with Crippen LogP contribution < -0.4 is 5.48 Å². The molecule has 0 aliphatic carbocycles. The average molecular weight is 130 g/mol. The van der Waals surface area contributed by atoms with Crippen LogP contribution in [-0.4, -0.2) is 17.5 Å². The average Bonchev–Trinajstić information content (AvgIpc) is 1.82. The highest BCUT2D eigenvalue weighted by molar-refractivity contribution is 5.57. The van der Waals surface area contributed by atoms with E-state index in [4.69, 9.17) is 5.21 Å². The fraction of sp³-hybridized carbons (Fsp3) is 0.833. The maximum atomic E-state index is 9.92. The highest BCUT2D eigenvalue weighted by atomic mass is 16.5. The number of hydrogen-bond acceptors (Lipinski definition) is 3. The maximum absolute atomic E-state index is 9.92. The molecular weight excluding hydrogens is 118 g/mol. The molecule has 0 rings (SSSR count). The van der Waals surface area contributed by atoms with Gasteiger partial charge in [0.2, 0.25) is 6.29 Å². The van der Waals surface area contributed by atoms with Gasteiger partial charge in [0.15, 0.2) is 0 Å². The van der Waals surface area contributed by atoms with Crippen molar-refractivity contribution in [2.45, 2.75) is 26.3 Å². The predicted octanol–water partition coefficient (Wildman–Crippen LogP) is 0.490. The van der Waals surface area contributed by atoms with Gasteiger partial charge in [0.05, 0.1) is 6.04 Å². The zero-order chi connectivity index (χ0) is 7.28. The Morgan fingerprint density at radius 2 is 2.22 bits per heavy atom. The van der Waals surface area contributed by atoms with Crippen molar-refractivity contribution in [3.05, 3.63) is 0 Å². The van der Waals surface area contributed by atoms with Crippen LogP contribution in [0.3, 0.4) is 0 Å². The highest BCUT2D eigenvalue weighted by Gasteiger charge is 2.07. The van der Waals surface area contributed by atoms with Crippen LogP contribution in [0.15, 0.2) is 0 Å². The Kier molecular flexibility index (Phi) is 4.26. The number of hydrogen-bond donors (Lipinski definition) is 2. The lowest BCUT2D eigenvalue weighted by Gasteiger charge is -2.08. The van der Waals surface area contributed by atoms with Crippen molar-refractivity contribution in [2.75, 3.05) is 0 Å². The van der Waals surface area contributed by atoms with Gasteiger partial charge in [-0.2, -0.15) is 5.48 Å². The van der Waals surface area contributed by atoms with Gasteiger partial charge in [-0.25, -0.2) is 0 Å². The Bertz CT molecular complexity index is 83.1. The van der Waals surface area contributed by atoms with Gasteiger partial charge in [-0.15, -0.1) is 0 Å². The van der Waals surface area contributed by atoms with Gasteiger partial charge in [0, 0.05) is 0 Å². The highest BCUT2D eigenvalue weighted by Crippen LogP contribution is 2.01. The van der Waals surface area contributed by atoms with Crippen LogP contribution in [0, 0.1) is 5.92 Å². The molecule has 0 aliphatic heterocycles. The molecule has 1 radical (unpaired) electrons. The molecule has 9 heavy (non-hydrogen) atoms. The summed E-state index contributed by atoms with van der Waals surface area (Å²) in [4.78, 5) is 9.92. The van der Waals surface area contributed by atoms with E-state index in [1.807, 2.05) is 19.3 Å². The lowest BCUT2D eigenvalue weighted by atomic mass is 10.1. The molecule has 0 amide bonds. The van der Waals surface area contributed by atoms with Gasteiger partial charge in [0.25, 0.3) is 0 Å². The lowest BCUT2D eigenvalue weighted by Crippen LogP contribution is -2.28. The lowest BCUT2D eigenvalue weighted by molar-refractivity contribution is 0.139. The second-order valence-electron chi connectivity index (χ2n) is 2.43. The summed E-state index contributed by atoms with van der Waals surface area (Å²) in [6.07, 6.45) is 2.30. The summed E-state index contributed by atoms with van der Waals surface area (Å²) < 4.78 is 0. The van der Waals surface area contributed by atoms with Gasteiger partial charge < -0.3 is 5.21 Å². The van der Waals surface area contributed by atoms with Crippen LogP contribution in [0.1, 0.15) is 20.3 Å². The Hall–Kier alpha value is -0.410. The van der Waals surface area contributed by atoms with Crippen molar-refractivity contribution in [1.82, 2.24) is 5.48 Å². The van der Waals surface area contributed by atoms with Crippen molar-refractivity contribution >= 4 is 6.29 Å². The third kappa shape index (κ3) is 4.12. The monoisotopic (exact) mass is 130 g/mol. The van der Waals surface area contributed by atoms with Crippen LogP contribution in [0.2, 0.25) is 0 Å². The molecule has 1 atom stereocenters. The number of rotatable bonds is 4. The SMILES string of the molecule is CC(C)CC([C]=O)NO. The quantitative estimate of drug-likeness (QED) is 0.544. The molecule has 0 bridgehead atoms. The predicted molar refractivity (Wildman–Crippen MR) is 33.9 cm³/mol. The molecule has 0 saturated carbocycles. The van der Waals surface area contributed by atoms with E-state index in [-0.39, 0.29) is 0 Å². The fourth-order valence-corrected chi connectivity index (χ4v) is 0.599. The first-order chi connectivity index (χ1) is 4.20. The van der Waals surface area contributed by atoms with Gasteiger partial charge in [-0.05, 0) is 12.3 Å². The molecule has 0 spiro atoms. The molecule has 2 N–H and O–H groups in total. The van der Waals surface area contributed by atoms with Crippen LogP contribution in [0.4, 0.5) is 0 Å². The third-order valence-corrected chi connectivity index (χ3v) is 1.01. The molecule has 1 unspecified atom stereocenters. The number of carbonyl (C=O) groups excluding carboxylic acids is 1. The topological polar surface area (TPSA) is 49.3 Å². The standard InChI is InChI=1S/C6H12NO2/c1-5(2)3-6(4-8)7-9/h5-7,9H,3H2,1-2H3. The molecular formula is C6H12NO2. The van der Waals surface area contributed by atoms with E-state index < -0.39 is 6.04 Å². The molecule has 0 aromatic heterocycles. The molecule has 0 aromatic carbocycles. The van der Waals surface area contributed by atoms with Crippen LogP contribution >= 0.6 is 0 Å².